The van der Waals surface area contributed by atoms with Gasteiger partial charge >= 0.3 is 23.9 Å². The van der Waals surface area contributed by atoms with Crippen molar-refractivity contribution in [2.45, 2.75) is 65.3 Å². The zero-order valence-electron chi connectivity index (χ0n) is 22.7. The second kappa shape index (κ2) is 12.5. The van der Waals surface area contributed by atoms with Crippen molar-refractivity contribution >= 4 is 46.2 Å². The van der Waals surface area contributed by atoms with Crippen molar-refractivity contribution in [2.24, 2.45) is 0 Å². The van der Waals surface area contributed by atoms with Gasteiger partial charge in [0, 0.05) is 39.1 Å². The highest BCUT2D eigenvalue weighted by atomic mass is 32.1. The Morgan fingerprint density at radius 2 is 1.59 bits per heavy atom. The van der Waals surface area contributed by atoms with Crippen LogP contribution in [0, 0.1) is 6.92 Å². The van der Waals surface area contributed by atoms with Crippen LogP contribution >= 0.6 is 11.3 Å². The van der Waals surface area contributed by atoms with Gasteiger partial charge in [0.1, 0.15) is 29.8 Å². The predicted molar refractivity (Wildman–Crippen MR) is 141 cm³/mol. The van der Waals surface area contributed by atoms with Gasteiger partial charge in [0.15, 0.2) is 12.2 Å². The van der Waals surface area contributed by atoms with Gasteiger partial charge in [-0.3, -0.25) is 24.0 Å². The quantitative estimate of drug-likeness (QED) is 0.278. The fraction of sp³-hybridized carbons (Fsp3) is 0.407. The Kier molecular flexibility index (Phi) is 9.03. The third-order valence-electron chi connectivity index (χ3n) is 5.93. The minimum Gasteiger partial charge on any atom is -0.463 e. The Labute approximate surface area is 237 Å². The van der Waals surface area contributed by atoms with Gasteiger partial charge in [0.25, 0.3) is 0 Å². The third-order valence-corrected chi connectivity index (χ3v) is 6.52. The van der Waals surface area contributed by atoms with E-state index in [1.807, 2.05) is 0 Å². The molecule has 0 saturated carbocycles. The van der Waals surface area contributed by atoms with Crippen LogP contribution in [0.4, 0.5) is 0 Å². The first-order chi connectivity index (χ1) is 19.4. The lowest BCUT2D eigenvalue weighted by Crippen LogP contribution is -2.63. The number of nitrogens with zero attached hydrogens (tertiary/aromatic N) is 1. The van der Waals surface area contributed by atoms with Crippen molar-refractivity contribution in [3.63, 3.8) is 0 Å². The lowest BCUT2D eigenvalue weighted by Gasteiger charge is -2.43. The number of thiazole rings is 1. The molecule has 4 rings (SSSR count). The highest BCUT2D eigenvalue weighted by Crippen LogP contribution is 2.32. The SMILES string of the molecule is CC(=O)OC[C@@H]1O[C@H](Oc2ccc3c(=O)c(-c4cscn4)c(C)oc3c2)[C@H](OC(C)=O)[C@@H](OC(C)=O)[C@@H]1OC(C)=O. The molecule has 13 nitrogen and oxygen atoms in total. The van der Waals surface area contributed by atoms with Crippen LogP contribution in [-0.2, 0) is 42.9 Å². The van der Waals surface area contributed by atoms with Crippen molar-refractivity contribution in [2.75, 3.05) is 6.61 Å². The van der Waals surface area contributed by atoms with Gasteiger partial charge < -0.3 is 32.8 Å². The summed E-state index contributed by atoms with van der Waals surface area (Å²) >= 11 is 1.35. The van der Waals surface area contributed by atoms with Crippen molar-refractivity contribution in [3.8, 4) is 17.0 Å². The first-order valence-corrected chi connectivity index (χ1v) is 13.3. The summed E-state index contributed by atoms with van der Waals surface area (Å²) in [6.07, 6.45) is -6.73. The maximum atomic E-state index is 13.2. The molecule has 41 heavy (non-hydrogen) atoms. The van der Waals surface area contributed by atoms with Crippen LogP contribution < -0.4 is 10.2 Å². The van der Waals surface area contributed by atoms with E-state index in [2.05, 4.69) is 4.98 Å². The van der Waals surface area contributed by atoms with Crippen molar-refractivity contribution in [1.82, 2.24) is 4.98 Å². The van der Waals surface area contributed by atoms with Crippen molar-refractivity contribution < 1.29 is 52.0 Å². The molecular formula is C27H27NO12S. The second-order valence-corrected chi connectivity index (χ2v) is 9.80. The highest BCUT2D eigenvalue weighted by Gasteiger charge is 2.53. The summed E-state index contributed by atoms with van der Waals surface area (Å²) in [5.74, 6) is -2.44. The average molecular weight is 590 g/mol. The summed E-state index contributed by atoms with van der Waals surface area (Å²) in [6.45, 7) is 5.79. The average Bonchev–Trinajstić information content (AvgIpc) is 3.40. The highest BCUT2D eigenvalue weighted by molar-refractivity contribution is 7.07. The lowest BCUT2D eigenvalue weighted by molar-refractivity contribution is -0.288. The molecule has 0 spiro atoms. The molecule has 0 aliphatic carbocycles. The van der Waals surface area contributed by atoms with Gasteiger partial charge in [-0.25, -0.2) is 4.98 Å². The van der Waals surface area contributed by atoms with Crippen LogP contribution in [0.15, 0.2) is 38.3 Å². The van der Waals surface area contributed by atoms with Gasteiger partial charge in [-0.2, -0.15) is 0 Å². The van der Waals surface area contributed by atoms with Crippen LogP contribution in [0.3, 0.4) is 0 Å². The molecule has 0 bridgehead atoms. The Morgan fingerprint density at radius 1 is 0.927 bits per heavy atom. The molecule has 1 aliphatic rings. The number of benzene rings is 1. The number of ether oxygens (including phenoxy) is 6. The van der Waals surface area contributed by atoms with Crippen molar-refractivity contribution in [3.05, 3.63) is 45.1 Å². The molecule has 2 aromatic heterocycles. The number of fused-ring (bicyclic) bond motifs is 1. The van der Waals surface area contributed by atoms with E-state index in [1.165, 1.54) is 36.5 Å². The number of carbonyl (C=O) groups is 4. The smallest absolute Gasteiger partial charge is 0.303 e. The molecular weight excluding hydrogens is 562 g/mol. The zero-order chi connectivity index (χ0) is 29.8. The normalized spacial score (nSPS) is 22.0. The van der Waals surface area contributed by atoms with Gasteiger partial charge in [-0.15, -0.1) is 11.3 Å². The Morgan fingerprint density at radius 3 is 2.20 bits per heavy atom. The maximum Gasteiger partial charge on any atom is 0.303 e. The Balaban J connectivity index is 1.73. The summed E-state index contributed by atoms with van der Waals surface area (Å²) in [5, 5.41) is 2.01. The van der Waals surface area contributed by atoms with E-state index in [0.717, 1.165) is 20.8 Å². The van der Waals surface area contributed by atoms with Crippen LogP contribution in [-0.4, -0.2) is 66.2 Å². The predicted octanol–water partition coefficient (Wildman–Crippen LogP) is 2.69. The van der Waals surface area contributed by atoms with Gasteiger partial charge in [-0.05, 0) is 19.1 Å². The first-order valence-electron chi connectivity index (χ1n) is 12.4. The lowest BCUT2D eigenvalue weighted by atomic mass is 9.98. The molecule has 218 valence electrons. The number of aryl methyl sites for hydroxylation is 1. The molecule has 0 unspecified atom stereocenters. The fourth-order valence-corrected chi connectivity index (χ4v) is 4.95. The monoisotopic (exact) mass is 589 g/mol. The Bertz CT molecular complexity index is 1510. The van der Waals surface area contributed by atoms with E-state index in [-0.39, 0.29) is 22.1 Å². The van der Waals surface area contributed by atoms with Gasteiger partial charge in [0.05, 0.1) is 22.2 Å². The summed E-state index contributed by atoms with van der Waals surface area (Å²) in [4.78, 5) is 64.9. The van der Waals surface area contributed by atoms with Gasteiger partial charge in [-0.1, -0.05) is 0 Å². The number of hydrogen-bond acceptors (Lipinski definition) is 14. The summed E-state index contributed by atoms with van der Waals surface area (Å²) in [5.41, 5.74) is 2.37. The minimum atomic E-state index is -1.44. The minimum absolute atomic E-state index is 0.141. The molecule has 0 radical (unpaired) electrons. The van der Waals surface area contributed by atoms with Crippen LogP contribution in [0.2, 0.25) is 0 Å². The molecule has 3 heterocycles. The maximum absolute atomic E-state index is 13.2. The van der Waals surface area contributed by atoms with Gasteiger partial charge in [0.2, 0.25) is 17.8 Å². The number of carbonyl (C=O) groups excluding carboxylic acids is 4. The molecule has 1 fully saturated rings. The summed E-state index contributed by atoms with van der Waals surface area (Å²) in [6, 6.07) is 4.42. The number of hydrogen-bond donors (Lipinski definition) is 0. The second-order valence-electron chi connectivity index (χ2n) is 9.08. The van der Waals surface area contributed by atoms with Crippen molar-refractivity contribution in [1.29, 1.82) is 0 Å². The molecule has 3 aromatic rings. The number of rotatable bonds is 8. The largest absolute Gasteiger partial charge is 0.463 e. The molecule has 1 aromatic carbocycles. The molecule has 0 N–H and O–H groups in total. The first kappa shape index (κ1) is 29.7. The van der Waals surface area contributed by atoms with Crippen LogP contribution in [0.1, 0.15) is 33.5 Å². The number of esters is 4. The summed E-state index contributed by atoms with van der Waals surface area (Å²) in [7, 11) is 0. The van der Waals surface area contributed by atoms with E-state index >= 15 is 0 Å². The number of aromatic nitrogens is 1. The van der Waals surface area contributed by atoms with E-state index in [4.69, 9.17) is 32.8 Å². The van der Waals surface area contributed by atoms with E-state index in [0.29, 0.717) is 17.0 Å². The molecule has 5 atom stereocenters. The molecule has 1 saturated heterocycles. The molecule has 14 heteroatoms. The van der Waals surface area contributed by atoms with Crippen LogP contribution in [0.5, 0.6) is 5.75 Å². The van der Waals surface area contributed by atoms with E-state index in [9.17, 15) is 24.0 Å². The fourth-order valence-electron chi connectivity index (χ4n) is 4.41. The van der Waals surface area contributed by atoms with Crippen LogP contribution in [0.25, 0.3) is 22.2 Å². The van der Waals surface area contributed by atoms with E-state index < -0.39 is 61.2 Å². The Hall–Kier alpha value is -4.30. The van der Waals surface area contributed by atoms with E-state index in [1.54, 1.807) is 17.8 Å². The molecule has 1 aliphatic heterocycles. The topological polar surface area (TPSA) is 167 Å². The third kappa shape index (κ3) is 6.89. The standard InChI is InChI=1S/C27H27NO12S/c1-12-22(19-10-41-11-28-19)23(33)18-7-6-17(8-20(18)35-12)39-27-26(38-16(5)32)25(37-15(4)31)24(36-14(3)30)21(40-27)9-34-13(2)29/h6-8,10-11,21,24-27H,9H2,1-5H3/t21-,24+,25-,26+,27-/m0/s1. The summed E-state index contributed by atoms with van der Waals surface area (Å²) < 4.78 is 39.1. The zero-order valence-corrected chi connectivity index (χ0v) is 23.6. The molecule has 0 amide bonds.